The van der Waals surface area contributed by atoms with Crippen LogP contribution in [-0.2, 0) is 6.18 Å². The maximum Gasteiger partial charge on any atom is 0.416 e. The lowest BCUT2D eigenvalue weighted by atomic mass is 10.0. The molecule has 0 saturated carbocycles. The number of hydrogen-bond donors (Lipinski definition) is 2. The number of alkyl halides is 3. The number of amides is 2. The second-order valence-electron chi connectivity index (χ2n) is 7.09. The van der Waals surface area contributed by atoms with Crippen LogP contribution in [0.3, 0.4) is 0 Å². The van der Waals surface area contributed by atoms with Crippen molar-refractivity contribution in [3.63, 3.8) is 0 Å². The molecule has 0 aliphatic heterocycles. The van der Waals surface area contributed by atoms with Crippen LogP contribution in [0.5, 0.6) is 0 Å². The molecule has 0 aromatic heterocycles. The summed E-state index contributed by atoms with van der Waals surface area (Å²) < 4.78 is 38.5. The molecular weight excluding hydrogens is 417 g/mol. The second-order valence-corrected chi connectivity index (χ2v) is 7.09. The van der Waals surface area contributed by atoms with E-state index in [1.54, 1.807) is 30.3 Å². The van der Waals surface area contributed by atoms with Crippen LogP contribution in [0.15, 0.2) is 91.0 Å². The van der Waals surface area contributed by atoms with Crippen LogP contribution in [-0.4, -0.2) is 11.8 Å². The van der Waals surface area contributed by atoms with Crippen LogP contribution in [0.4, 0.5) is 24.5 Å². The Bertz CT molecular complexity index is 1290. The average molecular weight is 434 g/mol. The number of anilines is 2. The van der Waals surface area contributed by atoms with Crippen molar-refractivity contribution in [2.45, 2.75) is 6.18 Å². The largest absolute Gasteiger partial charge is 0.416 e. The van der Waals surface area contributed by atoms with E-state index in [2.05, 4.69) is 10.6 Å². The van der Waals surface area contributed by atoms with E-state index in [-0.39, 0.29) is 11.5 Å². The molecule has 0 bridgehead atoms. The SMILES string of the molecule is O=C(Nc1ccc(NC(=O)c2cccc3ccccc23)cc1)c1cccc(C(F)(F)F)c1. The number of benzene rings is 4. The Balaban J connectivity index is 1.45. The van der Waals surface area contributed by atoms with E-state index < -0.39 is 17.6 Å². The highest BCUT2D eigenvalue weighted by Crippen LogP contribution is 2.29. The smallest absolute Gasteiger partial charge is 0.322 e. The van der Waals surface area contributed by atoms with Gasteiger partial charge in [0, 0.05) is 22.5 Å². The van der Waals surface area contributed by atoms with Crippen molar-refractivity contribution < 1.29 is 22.8 Å². The zero-order valence-corrected chi connectivity index (χ0v) is 16.6. The van der Waals surface area contributed by atoms with Gasteiger partial charge in [-0.2, -0.15) is 13.2 Å². The first-order valence-electron chi connectivity index (χ1n) is 9.69. The second kappa shape index (κ2) is 8.55. The van der Waals surface area contributed by atoms with Crippen molar-refractivity contribution in [1.82, 2.24) is 0 Å². The van der Waals surface area contributed by atoms with Gasteiger partial charge in [0.25, 0.3) is 11.8 Å². The first-order valence-corrected chi connectivity index (χ1v) is 9.69. The lowest BCUT2D eigenvalue weighted by Gasteiger charge is -2.11. The Morgan fingerprint density at radius 1 is 0.656 bits per heavy atom. The minimum atomic E-state index is -4.53. The zero-order valence-electron chi connectivity index (χ0n) is 16.6. The van der Waals surface area contributed by atoms with Gasteiger partial charge in [-0.05, 0) is 59.3 Å². The lowest BCUT2D eigenvalue weighted by molar-refractivity contribution is -0.137. The highest BCUT2D eigenvalue weighted by atomic mass is 19.4. The van der Waals surface area contributed by atoms with Gasteiger partial charge in [-0.15, -0.1) is 0 Å². The topological polar surface area (TPSA) is 58.2 Å². The Kier molecular flexibility index (Phi) is 5.64. The standard InChI is InChI=1S/C25H17F3N2O2/c26-25(27,28)18-8-3-7-17(15-18)23(31)29-19-11-13-20(14-12-19)30-24(32)22-10-4-6-16-5-1-2-9-21(16)22/h1-15H,(H,29,31)(H,30,32). The summed E-state index contributed by atoms with van der Waals surface area (Å²) in [7, 11) is 0. The molecule has 4 rings (SSSR count). The Morgan fingerprint density at radius 2 is 1.25 bits per heavy atom. The fraction of sp³-hybridized carbons (Fsp3) is 0.0400. The molecule has 7 heteroatoms. The van der Waals surface area contributed by atoms with Crippen LogP contribution in [0.1, 0.15) is 26.3 Å². The first kappa shape index (κ1) is 21.1. The van der Waals surface area contributed by atoms with E-state index in [1.807, 2.05) is 36.4 Å². The number of nitrogens with one attached hydrogen (secondary N) is 2. The van der Waals surface area contributed by atoms with E-state index in [0.29, 0.717) is 16.9 Å². The third kappa shape index (κ3) is 4.62. The fourth-order valence-corrected chi connectivity index (χ4v) is 3.30. The summed E-state index contributed by atoms with van der Waals surface area (Å²) in [6.07, 6.45) is -4.53. The normalized spacial score (nSPS) is 11.2. The molecule has 4 aromatic carbocycles. The van der Waals surface area contributed by atoms with Crippen molar-refractivity contribution in [3.05, 3.63) is 108 Å². The van der Waals surface area contributed by atoms with Gasteiger partial charge in [-0.3, -0.25) is 9.59 Å². The summed E-state index contributed by atoms with van der Waals surface area (Å²) >= 11 is 0. The van der Waals surface area contributed by atoms with Crippen molar-refractivity contribution in [2.24, 2.45) is 0 Å². The van der Waals surface area contributed by atoms with Gasteiger partial charge in [0.05, 0.1) is 5.56 Å². The Labute approximate surface area is 181 Å². The minimum Gasteiger partial charge on any atom is -0.322 e. The lowest BCUT2D eigenvalue weighted by Crippen LogP contribution is -2.14. The highest BCUT2D eigenvalue weighted by Gasteiger charge is 2.30. The Morgan fingerprint density at radius 3 is 1.94 bits per heavy atom. The molecule has 2 N–H and O–H groups in total. The zero-order chi connectivity index (χ0) is 22.7. The summed E-state index contributed by atoms with van der Waals surface area (Å²) in [6, 6.07) is 23.6. The van der Waals surface area contributed by atoms with Crippen LogP contribution in [0.2, 0.25) is 0 Å². The molecule has 0 saturated heterocycles. The third-order valence-corrected chi connectivity index (χ3v) is 4.89. The van der Waals surface area contributed by atoms with Crippen molar-refractivity contribution in [3.8, 4) is 0 Å². The van der Waals surface area contributed by atoms with Crippen LogP contribution >= 0.6 is 0 Å². The molecule has 0 heterocycles. The van der Waals surface area contributed by atoms with Gasteiger partial charge in [0.2, 0.25) is 0 Å². The number of carbonyl (C=O) groups is 2. The number of hydrogen-bond acceptors (Lipinski definition) is 2. The summed E-state index contributed by atoms with van der Waals surface area (Å²) in [5.74, 6) is -0.939. The predicted molar refractivity (Wildman–Crippen MR) is 118 cm³/mol. The van der Waals surface area contributed by atoms with Crippen LogP contribution < -0.4 is 10.6 Å². The summed E-state index contributed by atoms with van der Waals surface area (Å²) in [6.45, 7) is 0. The molecule has 0 unspecified atom stereocenters. The molecule has 4 aromatic rings. The fourth-order valence-electron chi connectivity index (χ4n) is 3.30. The molecule has 0 aliphatic carbocycles. The summed E-state index contributed by atoms with van der Waals surface area (Å²) in [5.41, 5.74) is 0.436. The average Bonchev–Trinajstić information content (AvgIpc) is 2.79. The number of fused-ring (bicyclic) bond motifs is 1. The molecule has 4 nitrogen and oxygen atoms in total. The number of halogens is 3. The molecule has 0 spiro atoms. The summed E-state index contributed by atoms with van der Waals surface area (Å²) in [5, 5.41) is 7.15. The third-order valence-electron chi connectivity index (χ3n) is 4.89. The molecule has 0 fully saturated rings. The molecule has 0 radical (unpaired) electrons. The monoisotopic (exact) mass is 434 g/mol. The maximum absolute atomic E-state index is 12.8. The minimum absolute atomic E-state index is 0.104. The maximum atomic E-state index is 12.8. The van der Waals surface area contributed by atoms with E-state index >= 15 is 0 Å². The first-order chi connectivity index (χ1) is 15.3. The molecule has 0 aliphatic rings. The highest BCUT2D eigenvalue weighted by molar-refractivity contribution is 6.13. The molecular formula is C25H17F3N2O2. The Hall–Kier alpha value is -4.13. The number of carbonyl (C=O) groups excluding carboxylic acids is 2. The number of rotatable bonds is 4. The quantitative estimate of drug-likeness (QED) is 0.393. The van der Waals surface area contributed by atoms with Gasteiger partial charge in [-0.25, -0.2) is 0 Å². The van der Waals surface area contributed by atoms with Crippen molar-refractivity contribution >= 4 is 34.0 Å². The van der Waals surface area contributed by atoms with Crippen LogP contribution in [0.25, 0.3) is 10.8 Å². The van der Waals surface area contributed by atoms with E-state index in [0.717, 1.165) is 22.9 Å². The van der Waals surface area contributed by atoms with Crippen molar-refractivity contribution in [1.29, 1.82) is 0 Å². The molecule has 0 atom stereocenters. The van der Waals surface area contributed by atoms with Gasteiger partial charge in [0.15, 0.2) is 0 Å². The predicted octanol–water partition coefficient (Wildman–Crippen LogP) is 6.36. The van der Waals surface area contributed by atoms with Gasteiger partial charge in [0.1, 0.15) is 0 Å². The molecule has 2 amide bonds. The van der Waals surface area contributed by atoms with Crippen molar-refractivity contribution in [2.75, 3.05) is 10.6 Å². The van der Waals surface area contributed by atoms with E-state index in [1.165, 1.54) is 12.1 Å². The van der Waals surface area contributed by atoms with E-state index in [9.17, 15) is 22.8 Å². The van der Waals surface area contributed by atoms with Gasteiger partial charge >= 0.3 is 6.18 Å². The van der Waals surface area contributed by atoms with Crippen LogP contribution in [0, 0.1) is 0 Å². The molecule has 160 valence electrons. The van der Waals surface area contributed by atoms with Gasteiger partial charge in [-0.1, -0.05) is 42.5 Å². The summed E-state index contributed by atoms with van der Waals surface area (Å²) in [4.78, 5) is 25.0. The molecule has 32 heavy (non-hydrogen) atoms. The van der Waals surface area contributed by atoms with Gasteiger partial charge < -0.3 is 10.6 Å². The van der Waals surface area contributed by atoms with E-state index in [4.69, 9.17) is 0 Å².